The number of likely N-dealkylation sites (tertiary alicyclic amines) is 1. The molecule has 5 heteroatoms. The highest BCUT2D eigenvalue weighted by Gasteiger charge is 2.32. The summed E-state index contributed by atoms with van der Waals surface area (Å²) >= 11 is 6.06. The number of phenolic OH excluding ortho intramolecular Hbond substituents is 1. The molecule has 1 aromatic carbocycles. The van der Waals surface area contributed by atoms with Gasteiger partial charge in [-0.2, -0.15) is 0 Å². The van der Waals surface area contributed by atoms with Crippen molar-refractivity contribution in [1.82, 2.24) is 4.90 Å². The highest BCUT2D eigenvalue weighted by Crippen LogP contribution is 2.43. The van der Waals surface area contributed by atoms with Gasteiger partial charge in [-0.15, -0.1) is 0 Å². The van der Waals surface area contributed by atoms with Gasteiger partial charge in [0.1, 0.15) is 0 Å². The molecule has 1 aliphatic rings. The van der Waals surface area contributed by atoms with E-state index in [-0.39, 0.29) is 11.8 Å². The van der Waals surface area contributed by atoms with Gasteiger partial charge in [-0.1, -0.05) is 11.6 Å². The third kappa shape index (κ3) is 2.41. The molecule has 1 saturated heterocycles. The Labute approximate surface area is 112 Å². The van der Waals surface area contributed by atoms with Crippen LogP contribution in [-0.2, 0) is 0 Å². The predicted octanol–water partition coefficient (Wildman–Crippen LogP) is 2.01. The molecule has 0 spiro atoms. The van der Waals surface area contributed by atoms with Crippen LogP contribution in [-0.4, -0.2) is 37.3 Å². The number of phenols is 1. The van der Waals surface area contributed by atoms with Crippen molar-refractivity contribution in [3.63, 3.8) is 0 Å². The molecule has 1 fully saturated rings. The summed E-state index contributed by atoms with van der Waals surface area (Å²) in [5.74, 6) is 1.06. The van der Waals surface area contributed by atoms with Crippen molar-refractivity contribution in [2.45, 2.75) is 12.5 Å². The molecule has 0 bridgehead atoms. The van der Waals surface area contributed by atoms with Gasteiger partial charge in [0.05, 0.1) is 7.11 Å². The molecule has 1 aromatic rings. The molecule has 0 aromatic heterocycles. The van der Waals surface area contributed by atoms with E-state index in [1.807, 2.05) is 7.05 Å². The summed E-state index contributed by atoms with van der Waals surface area (Å²) in [7, 11) is 3.56. The number of benzene rings is 1. The number of methoxy groups -OCH3 is 1. The average Bonchev–Trinajstić information content (AvgIpc) is 2.73. The third-order valence-electron chi connectivity index (χ3n) is 3.62. The summed E-state index contributed by atoms with van der Waals surface area (Å²) < 4.78 is 5.14. The minimum atomic E-state index is 0.145. The van der Waals surface area contributed by atoms with E-state index >= 15 is 0 Å². The number of nitrogens with two attached hydrogens (primary N) is 1. The SMILES string of the molecule is COc1cc(Cl)cc(C2CC(CN)CN2C)c1O. The second-order valence-electron chi connectivity index (χ2n) is 4.84. The number of halogens is 1. The zero-order chi connectivity index (χ0) is 13.3. The molecule has 3 N–H and O–H groups in total. The third-order valence-corrected chi connectivity index (χ3v) is 3.83. The molecule has 0 radical (unpaired) electrons. The van der Waals surface area contributed by atoms with Crippen LogP contribution in [0.15, 0.2) is 12.1 Å². The maximum absolute atomic E-state index is 10.2. The van der Waals surface area contributed by atoms with Crippen LogP contribution in [0.5, 0.6) is 11.5 Å². The van der Waals surface area contributed by atoms with Gasteiger partial charge in [0.2, 0.25) is 0 Å². The largest absolute Gasteiger partial charge is 0.504 e. The standard InChI is InChI=1S/C13H19ClN2O2/c1-16-7-8(6-15)3-11(16)10-4-9(14)5-12(18-2)13(10)17/h4-5,8,11,17H,3,6-7,15H2,1-2H3. The molecular weight excluding hydrogens is 252 g/mol. The average molecular weight is 271 g/mol. The second-order valence-corrected chi connectivity index (χ2v) is 5.28. The van der Waals surface area contributed by atoms with Crippen LogP contribution in [0, 0.1) is 5.92 Å². The Balaban J connectivity index is 2.36. The second kappa shape index (κ2) is 5.34. The fourth-order valence-corrected chi connectivity index (χ4v) is 2.86. The van der Waals surface area contributed by atoms with Crippen molar-refractivity contribution in [2.75, 3.05) is 27.2 Å². The van der Waals surface area contributed by atoms with Crippen LogP contribution >= 0.6 is 11.6 Å². The summed E-state index contributed by atoms with van der Waals surface area (Å²) in [6, 6.07) is 3.57. The number of hydrogen-bond donors (Lipinski definition) is 2. The van der Waals surface area contributed by atoms with E-state index in [0.29, 0.717) is 23.2 Å². The smallest absolute Gasteiger partial charge is 0.162 e. The van der Waals surface area contributed by atoms with Crippen LogP contribution in [0.25, 0.3) is 0 Å². The van der Waals surface area contributed by atoms with Crippen molar-refractivity contribution in [1.29, 1.82) is 0 Å². The predicted molar refractivity (Wildman–Crippen MR) is 72.2 cm³/mol. The first kappa shape index (κ1) is 13.5. The Morgan fingerprint density at radius 3 is 2.83 bits per heavy atom. The van der Waals surface area contributed by atoms with E-state index in [9.17, 15) is 5.11 Å². The van der Waals surface area contributed by atoms with E-state index in [2.05, 4.69) is 4.90 Å². The first-order valence-corrected chi connectivity index (χ1v) is 6.41. The monoisotopic (exact) mass is 270 g/mol. The maximum Gasteiger partial charge on any atom is 0.162 e. The van der Waals surface area contributed by atoms with E-state index in [1.54, 1.807) is 12.1 Å². The van der Waals surface area contributed by atoms with Crippen LogP contribution in [0.1, 0.15) is 18.0 Å². The molecule has 4 nitrogen and oxygen atoms in total. The summed E-state index contributed by atoms with van der Waals surface area (Å²) in [6.45, 7) is 1.61. The van der Waals surface area contributed by atoms with Gasteiger partial charge in [-0.25, -0.2) is 0 Å². The summed E-state index contributed by atoms with van der Waals surface area (Å²) in [6.07, 6.45) is 0.935. The molecule has 1 heterocycles. The number of aromatic hydroxyl groups is 1. The first-order valence-electron chi connectivity index (χ1n) is 6.03. The zero-order valence-electron chi connectivity index (χ0n) is 10.7. The molecule has 0 saturated carbocycles. The molecule has 2 rings (SSSR count). The van der Waals surface area contributed by atoms with Crippen LogP contribution in [0.4, 0.5) is 0 Å². The molecule has 0 aliphatic carbocycles. The molecule has 2 atom stereocenters. The van der Waals surface area contributed by atoms with E-state index < -0.39 is 0 Å². The van der Waals surface area contributed by atoms with Crippen LogP contribution < -0.4 is 10.5 Å². The Bertz CT molecular complexity index is 439. The van der Waals surface area contributed by atoms with Gasteiger partial charge < -0.3 is 15.6 Å². The van der Waals surface area contributed by atoms with Crippen molar-refractivity contribution in [2.24, 2.45) is 11.7 Å². The summed E-state index contributed by atoms with van der Waals surface area (Å²) in [4.78, 5) is 2.20. The maximum atomic E-state index is 10.2. The van der Waals surface area contributed by atoms with Crippen LogP contribution in [0.3, 0.4) is 0 Å². The lowest BCUT2D eigenvalue weighted by atomic mass is 9.99. The molecule has 100 valence electrons. The normalized spacial score (nSPS) is 24.4. The van der Waals surface area contributed by atoms with Crippen LogP contribution in [0.2, 0.25) is 5.02 Å². The van der Waals surface area contributed by atoms with Gasteiger partial charge in [0.15, 0.2) is 11.5 Å². The van der Waals surface area contributed by atoms with Gasteiger partial charge in [0, 0.05) is 29.2 Å². The van der Waals surface area contributed by atoms with Gasteiger partial charge in [0.25, 0.3) is 0 Å². The first-order chi connectivity index (χ1) is 8.56. The highest BCUT2D eigenvalue weighted by molar-refractivity contribution is 6.30. The van der Waals surface area contributed by atoms with Crippen molar-refractivity contribution < 1.29 is 9.84 Å². The van der Waals surface area contributed by atoms with E-state index in [1.165, 1.54) is 7.11 Å². The van der Waals surface area contributed by atoms with Crippen molar-refractivity contribution in [3.8, 4) is 11.5 Å². The van der Waals surface area contributed by atoms with Gasteiger partial charge in [-0.05, 0) is 32.0 Å². The minimum absolute atomic E-state index is 0.145. The molecular formula is C13H19ClN2O2. The zero-order valence-corrected chi connectivity index (χ0v) is 11.4. The molecule has 2 unspecified atom stereocenters. The van der Waals surface area contributed by atoms with Gasteiger partial charge >= 0.3 is 0 Å². The van der Waals surface area contributed by atoms with Crippen molar-refractivity contribution in [3.05, 3.63) is 22.7 Å². The van der Waals surface area contributed by atoms with Crippen molar-refractivity contribution >= 4 is 11.6 Å². The van der Waals surface area contributed by atoms with E-state index in [4.69, 9.17) is 22.1 Å². The molecule has 0 amide bonds. The number of hydrogen-bond acceptors (Lipinski definition) is 4. The number of rotatable bonds is 3. The highest BCUT2D eigenvalue weighted by atomic mass is 35.5. The summed E-state index contributed by atoms with van der Waals surface area (Å²) in [5.41, 5.74) is 6.54. The fraction of sp³-hybridized carbons (Fsp3) is 0.538. The Hall–Kier alpha value is -0.970. The van der Waals surface area contributed by atoms with Gasteiger partial charge in [-0.3, -0.25) is 4.90 Å². The summed E-state index contributed by atoms with van der Waals surface area (Å²) in [5, 5.41) is 10.8. The lowest BCUT2D eigenvalue weighted by Crippen LogP contribution is -2.20. The fourth-order valence-electron chi connectivity index (χ4n) is 2.64. The lowest BCUT2D eigenvalue weighted by Gasteiger charge is -2.21. The Morgan fingerprint density at radius 2 is 2.28 bits per heavy atom. The van der Waals surface area contributed by atoms with E-state index in [0.717, 1.165) is 18.5 Å². The lowest BCUT2D eigenvalue weighted by molar-refractivity contribution is 0.300. The Morgan fingerprint density at radius 1 is 1.56 bits per heavy atom. The molecule has 1 aliphatic heterocycles. The quantitative estimate of drug-likeness (QED) is 0.882. The minimum Gasteiger partial charge on any atom is -0.504 e. The number of ether oxygens (including phenoxy) is 1. The Kier molecular flexibility index (Phi) is 4.00. The number of nitrogens with zero attached hydrogens (tertiary/aromatic N) is 1. The molecule has 18 heavy (non-hydrogen) atoms. The topological polar surface area (TPSA) is 58.7 Å².